The summed E-state index contributed by atoms with van der Waals surface area (Å²) in [5.74, 6) is 0.737. The maximum Gasteiger partial charge on any atom is 0.321 e. The second-order valence-electron chi connectivity index (χ2n) is 6.47. The second-order valence-corrected chi connectivity index (χ2v) is 7.47. The molecule has 1 aliphatic carbocycles. The molecule has 0 bridgehead atoms. The van der Waals surface area contributed by atoms with E-state index in [1.54, 1.807) is 0 Å². The number of pyridine rings is 1. The molecule has 0 aliphatic heterocycles. The van der Waals surface area contributed by atoms with E-state index in [2.05, 4.69) is 31.7 Å². The Hall–Kier alpha value is -2.45. The van der Waals surface area contributed by atoms with Gasteiger partial charge in [0.1, 0.15) is 5.65 Å². The molecule has 0 unspecified atom stereocenters. The van der Waals surface area contributed by atoms with Gasteiger partial charge in [0.15, 0.2) is 5.13 Å². The monoisotopic (exact) mass is 371 g/mol. The molecule has 1 saturated carbocycles. The highest BCUT2D eigenvalue weighted by molar-refractivity contribution is 7.19. The zero-order valence-corrected chi connectivity index (χ0v) is 15.4. The van der Waals surface area contributed by atoms with E-state index >= 15 is 0 Å². The summed E-state index contributed by atoms with van der Waals surface area (Å²) < 4.78 is 5.50. The summed E-state index contributed by atoms with van der Waals surface area (Å²) in [6.07, 6.45) is 6.23. The minimum Gasteiger partial charge on any atom is -0.379 e. The third-order valence-electron chi connectivity index (χ3n) is 4.26. The zero-order chi connectivity index (χ0) is 17.9. The predicted octanol–water partition coefficient (Wildman–Crippen LogP) is 3.54. The molecule has 4 rings (SSSR count). The highest BCUT2D eigenvalue weighted by Gasteiger charge is 2.21. The SMILES string of the molecule is Cc1nc(NC(=O)NCCOCC2CC2)sc1-c1cnc2[nH]ccc2c1. The number of anilines is 1. The molecular formula is C18H21N5O2S. The molecular weight excluding hydrogens is 350 g/mol. The van der Waals surface area contributed by atoms with Crippen LogP contribution in [0.2, 0.25) is 0 Å². The number of aromatic amines is 1. The summed E-state index contributed by atoms with van der Waals surface area (Å²) >= 11 is 1.44. The Morgan fingerprint density at radius 3 is 3.19 bits per heavy atom. The normalized spacial score (nSPS) is 13.9. The van der Waals surface area contributed by atoms with Crippen molar-refractivity contribution < 1.29 is 9.53 Å². The van der Waals surface area contributed by atoms with Crippen molar-refractivity contribution in [1.29, 1.82) is 0 Å². The average Bonchev–Trinajstić information content (AvgIpc) is 3.20. The Morgan fingerprint density at radius 1 is 1.46 bits per heavy atom. The Kier molecular flexibility index (Phi) is 4.85. The summed E-state index contributed by atoms with van der Waals surface area (Å²) in [4.78, 5) is 24.9. The third-order valence-corrected chi connectivity index (χ3v) is 5.38. The Bertz CT molecular complexity index is 915. The number of carbonyl (C=O) groups is 1. The highest BCUT2D eigenvalue weighted by Crippen LogP contribution is 2.33. The number of aryl methyl sites for hydroxylation is 1. The van der Waals surface area contributed by atoms with Gasteiger partial charge in [0.2, 0.25) is 0 Å². The van der Waals surface area contributed by atoms with Gasteiger partial charge in [-0.25, -0.2) is 14.8 Å². The summed E-state index contributed by atoms with van der Waals surface area (Å²) in [5.41, 5.74) is 2.72. The molecule has 1 fully saturated rings. The zero-order valence-electron chi connectivity index (χ0n) is 14.5. The van der Waals surface area contributed by atoms with E-state index in [1.165, 1.54) is 24.2 Å². The Labute approximate surface area is 155 Å². The molecule has 8 heteroatoms. The lowest BCUT2D eigenvalue weighted by Crippen LogP contribution is -2.31. The number of amides is 2. The number of rotatable bonds is 7. The van der Waals surface area contributed by atoms with Gasteiger partial charge in [-0.3, -0.25) is 5.32 Å². The molecule has 0 radical (unpaired) electrons. The number of ether oxygens (including phenoxy) is 1. The van der Waals surface area contributed by atoms with Crippen LogP contribution in [0.25, 0.3) is 21.5 Å². The van der Waals surface area contributed by atoms with Crippen LogP contribution in [0.1, 0.15) is 18.5 Å². The molecule has 3 aromatic rings. The molecule has 2 amide bonds. The lowest BCUT2D eigenvalue weighted by atomic mass is 10.2. The summed E-state index contributed by atoms with van der Waals surface area (Å²) in [7, 11) is 0. The number of hydrogen-bond donors (Lipinski definition) is 3. The van der Waals surface area contributed by atoms with Crippen LogP contribution in [0.4, 0.5) is 9.93 Å². The molecule has 0 atom stereocenters. The quantitative estimate of drug-likeness (QED) is 0.554. The van der Waals surface area contributed by atoms with Gasteiger partial charge < -0.3 is 15.0 Å². The van der Waals surface area contributed by atoms with Gasteiger partial charge in [-0.15, -0.1) is 0 Å². The smallest absolute Gasteiger partial charge is 0.321 e. The standard InChI is InChI=1S/C18H21N5O2S/c1-11-15(14-8-13-4-5-19-16(13)21-9-14)26-18(22-11)23-17(24)20-6-7-25-10-12-2-3-12/h4-5,8-9,12H,2-3,6-7,10H2,1H3,(H,19,21)(H2,20,22,23,24). The lowest BCUT2D eigenvalue weighted by molar-refractivity contribution is 0.127. The molecule has 136 valence electrons. The Morgan fingerprint density at radius 2 is 2.35 bits per heavy atom. The third kappa shape index (κ3) is 4.03. The van der Waals surface area contributed by atoms with E-state index in [0.29, 0.717) is 18.3 Å². The second kappa shape index (κ2) is 7.43. The van der Waals surface area contributed by atoms with E-state index in [4.69, 9.17) is 4.74 Å². The minimum absolute atomic E-state index is 0.264. The van der Waals surface area contributed by atoms with Gasteiger partial charge in [0.25, 0.3) is 0 Å². The predicted molar refractivity (Wildman–Crippen MR) is 103 cm³/mol. The van der Waals surface area contributed by atoms with Crippen LogP contribution in [0.15, 0.2) is 24.5 Å². The van der Waals surface area contributed by atoms with Crippen LogP contribution in [0, 0.1) is 12.8 Å². The fraction of sp³-hybridized carbons (Fsp3) is 0.389. The average molecular weight is 371 g/mol. The number of carbonyl (C=O) groups excluding carboxylic acids is 1. The summed E-state index contributed by atoms with van der Waals surface area (Å²) in [5, 5.41) is 7.20. The van der Waals surface area contributed by atoms with Crippen molar-refractivity contribution in [2.75, 3.05) is 25.1 Å². The van der Waals surface area contributed by atoms with E-state index in [9.17, 15) is 4.79 Å². The highest BCUT2D eigenvalue weighted by atomic mass is 32.1. The van der Waals surface area contributed by atoms with Crippen molar-refractivity contribution in [1.82, 2.24) is 20.3 Å². The number of urea groups is 1. The van der Waals surface area contributed by atoms with Crippen LogP contribution < -0.4 is 10.6 Å². The largest absolute Gasteiger partial charge is 0.379 e. The molecule has 0 spiro atoms. The summed E-state index contributed by atoms with van der Waals surface area (Å²) in [6.45, 7) is 3.76. The molecule has 1 aliphatic rings. The number of aromatic nitrogens is 3. The number of nitrogens with one attached hydrogen (secondary N) is 3. The number of fused-ring (bicyclic) bond motifs is 1. The van der Waals surface area contributed by atoms with E-state index < -0.39 is 0 Å². The van der Waals surface area contributed by atoms with Crippen molar-refractivity contribution in [2.24, 2.45) is 5.92 Å². The first kappa shape index (κ1) is 17.0. The van der Waals surface area contributed by atoms with Gasteiger partial charge in [0.05, 0.1) is 17.2 Å². The molecule has 0 aromatic carbocycles. The van der Waals surface area contributed by atoms with Gasteiger partial charge in [-0.05, 0) is 37.8 Å². The first-order valence-electron chi connectivity index (χ1n) is 8.72. The number of nitrogens with zero attached hydrogens (tertiary/aromatic N) is 2. The van der Waals surface area contributed by atoms with Crippen LogP contribution in [0.3, 0.4) is 0 Å². The molecule has 0 saturated heterocycles. The maximum atomic E-state index is 12.0. The van der Waals surface area contributed by atoms with Crippen molar-refractivity contribution in [2.45, 2.75) is 19.8 Å². The van der Waals surface area contributed by atoms with Gasteiger partial charge >= 0.3 is 6.03 Å². The van der Waals surface area contributed by atoms with Crippen LogP contribution >= 0.6 is 11.3 Å². The molecule has 3 N–H and O–H groups in total. The van der Waals surface area contributed by atoms with Crippen molar-refractivity contribution in [3.05, 3.63) is 30.2 Å². The molecule has 7 nitrogen and oxygen atoms in total. The van der Waals surface area contributed by atoms with Crippen LogP contribution in [0.5, 0.6) is 0 Å². The lowest BCUT2D eigenvalue weighted by Gasteiger charge is -2.06. The van der Waals surface area contributed by atoms with E-state index in [-0.39, 0.29) is 6.03 Å². The minimum atomic E-state index is -0.264. The fourth-order valence-electron chi connectivity index (χ4n) is 2.69. The van der Waals surface area contributed by atoms with Gasteiger partial charge in [-0.1, -0.05) is 11.3 Å². The number of H-pyrrole nitrogens is 1. The van der Waals surface area contributed by atoms with Crippen molar-refractivity contribution in [3.8, 4) is 10.4 Å². The Balaban J connectivity index is 1.34. The number of thiazole rings is 1. The van der Waals surface area contributed by atoms with Crippen LogP contribution in [-0.2, 0) is 4.74 Å². The van der Waals surface area contributed by atoms with Crippen molar-refractivity contribution >= 4 is 33.5 Å². The van der Waals surface area contributed by atoms with Gasteiger partial charge in [-0.2, -0.15) is 0 Å². The van der Waals surface area contributed by atoms with Crippen LogP contribution in [-0.4, -0.2) is 40.7 Å². The molecule has 3 aromatic heterocycles. The molecule has 26 heavy (non-hydrogen) atoms. The van der Waals surface area contributed by atoms with E-state index in [0.717, 1.165) is 39.7 Å². The van der Waals surface area contributed by atoms with Crippen molar-refractivity contribution in [3.63, 3.8) is 0 Å². The first-order chi connectivity index (χ1) is 12.7. The summed E-state index contributed by atoms with van der Waals surface area (Å²) in [6, 6.07) is 3.79. The fourth-order valence-corrected chi connectivity index (χ4v) is 3.64. The maximum absolute atomic E-state index is 12.0. The van der Waals surface area contributed by atoms with E-state index in [1.807, 2.05) is 25.4 Å². The van der Waals surface area contributed by atoms with Gasteiger partial charge in [0, 0.05) is 36.5 Å². The first-order valence-corrected chi connectivity index (χ1v) is 9.54. The topological polar surface area (TPSA) is 91.9 Å². The number of hydrogen-bond acceptors (Lipinski definition) is 5. The molecule has 3 heterocycles.